The first-order valence-electron chi connectivity index (χ1n) is 7.80. The van der Waals surface area contributed by atoms with Crippen molar-refractivity contribution in [1.82, 2.24) is 0 Å². The summed E-state index contributed by atoms with van der Waals surface area (Å²) in [7, 11) is 0. The zero-order valence-electron chi connectivity index (χ0n) is 11.5. The Bertz CT molecular complexity index is 374. The van der Waals surface area contributed by atoms with Gasteiger partial charge in [0.1, 0.15) is 0 Å². The van der Waals surface area contributed by atoms with Crippen LogP contribution in [0.1, 0.15) is 64.7 Å². The number of fused-ring (bicyclic) bond motifs is 2. The molecule has 0 aliphatic heterocycles. The number of nitriles is 1. The van der Waals surface area contributed by atoms with E-state index >= 15 is 0 Å². The summed E-state index contributed by atoms with van der Waals surface area (Å²) < 4.78 is 0. The average molecular weight is 247 g/mol. The molecule has 2 bridgehead atoms. The van der Waals surface area contributed by atoms with Crippen LogP contribution >= 0.6 is 0 Å². The SMILES string of the molecule is CCC1CCCCC1(O)C1(C#N)CC2CCC1C2. The summed E-state index contributed by atoms with van der Waals surface area (Å²) in [6, 6.07) is 2.63. The summed E-state index contributed by atoms with van der Waals surface area (Å²) in [5.41, 5.74) is -1.09. The van der Waals surface area contributed by atoms with Gasteiger partial charge in [-0.05, 0) is 49.9 Å². The highest BCUT2D eigenvalue weighted by Gasteiger charge is 2.64. The van der Waals surface area contributed by atoms with Crippen molar-refractivity contribution in [3.8, 4) is 6.07 Å². The molecular formula is C16H25NO. The van der Waals surface area contributed by atoms with Crippen LogP contribution in [0.4, 0.5) is 0 Å². The van der Waals surface area contributed by atoms with Gasteiger partial charge in [-0.15, -0.1) is 0 Å². The highest BCUT2D eigenvalue weighted by Crippen LogP contribution is 2.64. The number of hydrogen-bond acceptors (Lipinski definition) is 2. The lowest BCUT2D eigenvalue weighted by molar-refractivity contribution is -0.144. The van der Waals surface area contributed by atoms with Gasteiger partial charge in [0.25, 0.3) is 0 Å². The maximum Gasteiger partial charge on any atom is 0.0893 e. The van der Waals surface area contributed by atoms with Crippen molar-refractivity contribution in [3.05, 3.63) is 0 Å². The minimum Gasteiger partial charge on any atom is -0.388 e. The normalized spacial score (nSPS) is 51.3. The van der Waals surface area contributed by atoms with Crippen LogP contribution in [0.25, 0.3) is 0 Å². The fourth-order valence-corrected chi connectivity index (χ4v) is 5.45. The Labute approximate surface area is 110 Å². The molecule has 0 radical (unpaired) electrons. The van der Waals surface area contributed by atoms with Crippen molar-refractivity contribution in [1.29, 1.82) is 5.26 Å². The molecule has 2 nitrogen and oxygen atoms in total. The van der Waals surface area contributed by atoms with Crippen molar-refractivity contribution in [2.45, 2.75) is 70.3 Å². The van der Waals surface area contributed by atoms with Crippen LogP contribution in [-0.2, 0) is 0 Å². The van der Waals surface area contributed by atoms with E-state index in [1.165, 1.54) is 25.7 Å². The van der Waals surface area contributed by atoms with Gasteiger partial charge < -0.3 is 5.11 Å². The topological polar surface area (TPSA) is 44.0 Å². The summed E-state index contributed by atoms with van der Waals surface area (Å²) in [6.07, 6.45) is 9.99. The minimum absolute atomic E-state index is 0.352. The number of rotatable bonds is 2. The van der Waals surface area contributed by atoms with Crippen LogP contribution in [0.3, 0.4) is 0 Å². The third kappa shape index (κ3) is 1.43. The number of hydrogen-bond donors (Lipinski definition) is 1. The van der Waals surface area contributed by atoms with Gasteiger partial charge in [-0.3, -0.25) is 0 Å². The van der Waals surface area contributed by atoms with Crippen LogP contribution in [0.5, 0.6) is 0 Å². The van der Waals surface area contributed by atoms with Gasteiger partial charge >= 0.3 is 0 Å². The second-order valence-corrected chi connectivity index (χ2v) is 6.94. The van der Waals surface area contributed by atoms with E-state index in [-0.39, 0.29) is 0 Å². The Balaban J connectivity index is 1.97. The molecular weight excluding hydrogens is 222 g/mol. The fraction of sp³-hybridized carbons (Fsp3) is 0.938. The molecule has 0 spiro atoms. The Morgan fingerprint density at radius 1 is 1.28 bits per heavy atom. The predicted octanol–water partition coefficient (Wildman–Crippen LogP) is 3.65. The Morgan fingerprint density at radius 2 is 2.11 bits per heavy atom. The highest BCUT2D eigenvalue weighted by molar-refractivity contribution is 5.22. The van der Waals surface area contributed by atoms with Gasteiger partial charge in [-0.25, -0.2) is 0 Å². The van der Waals surface area contributed by atoms with E-state index in [1.54, 1.807) is 0 Å². The molecule has 3 fully saturated rings. The van der Waals surface area contributed by atoms with E-state index in [1.807, 2.05) is 0 Å². The van der Waals surface area contributed by atoms with Gasteiger partial charge in [0.2, 0.25) is 0 Å². The van der Waals surface area contributed by atoms with E-state index in [0.717, 1.165) is 38.0 Å². The van der Waals surface area contributed by atoms with Crippen molar-refractivity contribution < 1.29 is 5.11 Å². The zero-order valence-corrected chi connectivity index (χ0v) is 11.5. The van der Waals surface area contributed by atoms with Gasteiger partial charge in [-0.1, -0.05) is 32.6 Å². The lowest BCUT2D eigenvalue weighted by atomic mass is 9.54. The maximum atomic E-state index is 11.4. The van der Waals surface area contributed by atoms with Crippen molar-refractivity contribution >= 4 is 0 Å². The van der Waals surface area contributed by atoms with Crippen LogP contribution in [0, 0.1) is 34.5 Å². The molecule has 0 saturated heterocycles. The minimum atomic E-state index is -0.686. The molecule has 3 rings (SSSR count). The third-order valence-corrected chi connectivity index (χ3v) is 6.35. The Kier molecular flexibility index (Phi) is 2.94. The zero-order chi connectivity index (χ0) is 12.8. The molecule has 0 amide bonds. The molecule has 0 aromatic heterocycles. The van der Waals surface area contributed by atoms with Gasteiger partial charge in [0, 0.05) is 0 Å². The summed E-state index contributed by atoms with van der Waals surface area (Å²) in [5, 5.41) is 21.2. The van der Waals surface area contributed by atoms with E-state index in [0.29, 0.717) is 11.8 Å². The van der Waals surface area contributed by atoms with E-state index < -0.39 is 11.0 Å². The molecule has 0 aromatic carbocycles. The molecule has 100 valence electrons. The third-order valence-electron chi connectivity index (χ3n) is 6.35. The quantitative estimate of drug-likeness (QED) is 0.809. The summed E-state index contributed by atoms with van der Waals surface area (Å²) in [4.78, 5) is 0. The van der Waals surface area contributed by atoms with Crippen molar-refractivity contribution in [2.75, 3.05) is 0 Å². The molecule has 3 aliphatic rings. The van der Waals surface area contributed by atoms with E-state index in [9.17, 15) is 10.4 Å². The van der Waals surface area contributed by atoms with Gasteiger partial charge in [0.05, 0.1) is 17.1 Å². The number of nitrogens with zero attached hydrogens (tertiary/aromatic N) is 1. The number of aliphatic hydroxyl groups is 1. The molecule has 3 aliphatic carbocycles. The first-order chi connectivity index (χ1) is 8.66. The van der Waals surface area contributed by atoms with E-state index in [4.69, 9.17) is 0 Å². The monoisotopic (exact) mass is 247 g/mol. The second kappa shape index (κ2) is 4.23. The Hall–Kier alpha value is -0.550. The molecule has 1 N–H and O–H groups in total. The van der Waals surface area contributed by atoms with Crippen molar-refractivity contribution in [3.63, 3.8) is 0 Å². The maximum absolute atomic E-state index is 11.4. The van der Waals surface area contributed by atoms with Crippen LogP contribution < -0.4 is 0 Å². The summed E-state index contributed by atoms with van der Waals surface area (Å²) in [5.74, 6) is 1.55. The van der Waals surface area contributed by atoms with E-state index in [2.05, 4.69) is 13.0 Å². The summed E-state index contributed by atoms with van der Waals surface area (Å²) >= 11 is 0. The lowest BCUT2D eigenvalue weighted by Gasteiger charge is -2.52. The standard InChI is InChI=1S/C16H25NO/c1-2-13-5-3-4-8-16(13,18)15(11-17)10-12-6-7-14(15)9-12/h12-14,18H,2-10H2,1H3. The Morgan fingerprint density at radius 3 is 2.67 bits per heavy atom. The second-order valence-electron chi connectivity index (χ2n) is 6.94. The molecule has 18 heavy (non-hydrogen) atoms. The molecule has 0 heterocycles. The van der Waals surface area contributed by atoms with Crippen LogP contribution in [0.15, 0.2) is 0 Å². The first-order valence-corrected chi connectivity index (χ1v) is 7.80. The average Bonchev–Trinajstić information content (AvgIpc) is 3.00. The molecule has 3 saturated carbocycles. The molecule has 5 atom stereocenters. The molecule has 5 unspecified atom stereocenters. The smallest absolute Gasteiger partial charge is 0.0893 e. The van der Waals surface area contributed by atoms with Crippen LogP contribution in [0.2, 0.25) is 0 Å². The van der Waals surface area contributed by atoms with Crippen LogP contribution in [-0.4, -0.2) is 10.7 Å². The predicted molar refractivity (Wildman–Crippen MR) is 70.7 cm³/mol. The molecule has 0 aromatic rings. The summed E-state index contributed by atoms with van der Waals surface area (Å²) in [6.45, 7) is 2.18. The highest BCUT2D eigenvalue weighted by atomic mass is 16.3. The van der Waals surface area contributed by atoms with Gasteiger partial charge in [0.15, 0.2) is 0 Å². The first kappa shape index (κ1) is 12.5. The van der Waals surface area contributed by atoms with Crippen molar-refractivity contribution in [2.24, 2.45) is 23.2 Å². The lowest BCUT2D eigenvalue weighted by Crippen LogP contribution is -2.56. The molecule has 2 heteroatoms. The van der Waals surface area contributed by atoms with Gasteiger partial charge in [-0.2, -0.15) is 5.26 Å². The largest absolute Gasteiger partial charge is 0.388 e. The fourth-order valence-electron chi connectivity index (χ4n) is 5.45.